The maximum Gasteiger partial charge on any atom is 0.251 e. The molecule has 9 rings (SSSR count). The Labute approximate surface area is 494 Å². The van der Waals surface area contributed by atoms with Crippen LogP contribution in [0.25, 0.3) is 0 Å². The Kier molecular flexibility index (Phi) is 19.4. The first kappa shape index (κ1) is 60.7. The standard InChI is InChI=1S/C67H84N10O7/c1-41(68-6)60(78)73-56(65(83)76-39-49-20-10-9-19-48(49)36-57(76)63(81)71-54-25-15-21-45-17-11-13-23-52(45)54)35-43-29-33-51(34-30-43)75(8)38-44-27-31-47(32-28-44)62(80)70-50-37-58(64(82)72-55-26-16-22-46-18-12-14-24-53(46)55)77(40-50)66(84)59(67(3,4)5)74-61(79)42(2)69-7/h9-14,17-20,23-24,27-34,41-42,50,54-59,68-69H,15-16,21-22,25-26,35-40H2,1-8H3,(H,70,80)(H,71,81)(H,72,82)(H,73,78)(H,74,79)/t41-,42-,50?,54?,55?,56?,57?,58?,59?/m0/s1. The van der Waals surface area contributed by atoms with Crippen LogP contribution < -0.4 is 42.1 Å². The third-order valence-electron chi connectivity index (χ3n) is 17.5. The minimum absolute atomic E-state index is 0.0832. The zero-order chi connectivity index (χ0) is 59.8. The van der Waals surface area contributed by atoms with E-state index in [4.69, 9.17) is 0 Å². The first-order valence-corrected chi connectivity index (χ1v) is 29.9. The Morgan fingerprint density at radius 3 is 1.69 bits per heavy atom. The third-order valence-corrected chi connectivity index (χ3v) is 17.5. The van der Waals surface area contributed by atoms with Crippen LogP contribution in [-0.2, 0) is 67.5 Å². The largest absolute Gasteiger partial charge is 0.370 e. The number of benzene rings is 5. The van der Waals surface area contributed by atoms with Crippen molar-refractivity contribution in [1.82, 2.24) is 47.0 Å². The summed E-state index contributed by atoms with van der Waals surface area (Å²) in [6.45, 7) is 9.92. The van der Waals surface area contributed by atoms with Gasteiger partial charge in [-0.2, -0.15) is 0 Å². The van der Waals surface area contributed by atoms with Gasteiger partial charge in [-0.05, 0) is 147 Å². The van der Waals surface area contributed by atoms with Gasteiger partial charge < -0.3 is 51.9 Å². The molecule has 0 bridgehead atoms. The molecule has 1 fully saturated rings. The van der Waals surface area contributed by atoms with Gasteiger partial charge in [0.05, 0.1) is 24.2 Å². The van der Waals surface area contributed by atoms with Crippen LogP contribution >= 0.6 is 0 Å². The number of likely N-dealkylation sites (N-methyl/N-ethyl adjacent to an activating group) is 2. The minimum atomic E-state index is -0.961. The van der Waals surface area contributed by atoms with Gasteiger partial charge in [-0.1, -0.05) is 118 Å². The predicted octanol–water partition coefficient (Wildman–Crippen LogP) is 6.14. The van der Waals surface area contributed by atoms with Crippen molar-refractivity contribution < 1.29 is 33.6 Å². The molecular formula is C67H84N10O7. The molecule has 0 aromatic heterocycles. The van der Waals surface area contributed by atoms with E-state index in [9.17, 15) is 28.8 Å². The number of aryl methyl sites for hydroxylation is 2. The number of rotatable bonds is 19. The molecule has 7 unspecified atom stereocenters. The first-order valence-electron chi connectivity index (χ1n) is 29.9. The third kappa shape index (κ3) is 14.2. The molecule has 9 atom stereocenters. The summed E-state index contributed by atoms with van der Waals surface area (Å²) in [5, 5.41) is 21.6. The van der Waals surface area contributed by atoms with Crippen LogP contribution in [0, 0.1) is 5.41 Å². The molecule has 2 aliphatic carbocycles. The van der Waals surface area contributed by atoms with Crippen molar-refractivity contribution in [2.24, 2.45) is 5.41 Å². The molecule has 7 amide bonds. The lowest BCUT2D eigenvalue weighted by atomic mass is 9.85. The van der Waals surface area contributed by atoms with Crippen LogP contribution in [0.15, 0.2) is 121 Å². The number of hydrogen-bond acceptors (Lipinski definition) is 10. The number of amides is 7. The number of nitrogens with one attached hydrogen (secondary N) is 7. The lowest BCUT2D eigenvalue weighted by molar-refractivity contribution is -0.145. The monoisotopic (exact) mass is 1140 g/mol. The molecule has 444 valence electrons. The highest BCUT2D eigenvalue weighted by atomic mass is 16.2. The molecule has 1 saturated heterocycles. The number of fused-ring (bicyclic) bond motifs is 3. The van der Waals surface area contributed by atoms with E-state index in [0.717, 1.165) is 77.6 Å². The normalized spacial score (nSPS) is 20.5. The Bertz CT molecular complexity index is 3200. The van der Waals surface area contributed by atoms with Gasteiger partial charge in [-0.25, -0.2) is 0 Å². The Hall–Kier alpha value is -7.89. The average Bonchev–Trinajstić information content (AvgIpc) is 3.98. The highest BCUT2D eigenvalue weighted by molar-refractivity contribution is 5.97. The van der Waals surface area contributed by atoms with Gasteiger partial charge in [0.25, 0.3) is 5.91 Å². The van der Waals surface area contributed by atoms with E-state index < -0.39 is 47.7 Å². The van der Waals surface area contributed by atoms with Gasteiger partial charge in [0.1, 0.15) is 24.2 Å². The molecule has 17 nitrogen and oxygen atoms in total. The van der Waals surface area contributed by atoms with Crippen molar-refractivity contribution in [2.75, 3.05) is 32.6 Å². The first-order chi connectivity index (χ1) is 40.3. The van der Waals surface area contributed by atoms with E-state index in [1.807, 2.05) is 119 Å². The molecule has 4 aliphatic rings. The average molecular weight is 1140 g/mol. The van der Waals surface area contributed by atoms with Gasteiger partial charge in [-0.3, -0.25) is 33.6 Å². The summed E-state index contributed by atoms with van der Waals surface area (Å²) in [4.78, 5) is 105. The maximum absolute atomic E-state index is 15.0. The second-order valence-electron chi connectivity index (χ2n) is 24.5. The second-order valence-corrected chi connectivity index (χ2v) is 24.5. The number of likely N-dealkylation sites (tertiary alicyclic amines) is 1. The van der Waals surface area contributed by atoms with E-state index in [2.05, 4.69) is 60.3 Å². The van der Waals surface area contributed by atoms with Crippen LogP contribution in [0.3, 0.4) is 0 Å². The molecule has 0 radical (unpaired) electrons. The lowest BCUT2D eigenvalue weighted by Gasteiger charge is -2.39. The van der Waals surface area contributed by atoms with E-state index in [0.29, 0.717) is 18.5 Å². The van der Waals surface area contributed by atoms with Gasteiger partial charge in [0.2, 0.25) is 35.4 Å². The van der Waals surface area contributed by atoms with E-state index in [1.54, 1.807) is 45.0 Å². The molecule has 0 saturated carbocycles. The van der Waals surface area contributed by atoms with E-state index in [-0.39, 0.29) is 79.4 Å². The number of nitrogens with zero attached hydrogens (tertiary/aromatic N) is 3. The predicted molar refractivity (Wildman–Crippen MR) is 325 cm³/mol. The van der Waals surface area contributed by atoms with E-state index >= 15 is 4.79 Å². The summed E-state index contributed by atoms with van der Waals surface area (Å²) in [7, 11) is 5.34. The molecule has 5 aromatic rings. The van der Waals surface area contributed by atoms with Crippen LogP contribution in [0.1, 0.15) is 134 Å². The lowest BCUT2D eigenvalue weighted by Crippen LogP contribution is -2.59. The minimum Gasteiger partial charge on any atom is -0.370 e. The van der Waals surface area contributed by atoms with Crippen LogP contribution in [0.4, 0.5) is 5.69 Å². The molecule has 7 N–H and O–H groups in total. The second kappa shape index (κ2) is 26.8. The summed E-state index contributed by atoms with van der Waals surface area (Å²) >= 11 is 0. The fourth-order valence-corrected chi connectivity index (χ4v) is 12.3. The van der Waals surface area contributed by atoms with Crippen LogP contribution in [0.5, 0.6) is 0 Å². The SMILES string of the molecule is CN[C@@H](C)C(=O)NC(Cc1ccc(N(C)Cc2ccc(C(=O)NC3CC(C(=O)NC4CCCc5ccccc54)N(C(=O)C(NC(=O)[C@H](C)NC)C(C)(C)C)C3)cc2)cc1)C(=O)N1Cc2ccccc2CC1C(=O)NC1CCCc2ccccc21. The molecule has 17 heteroatoms. The Morgan fingerprint density at radius 2 is 1.12 bits per heavy atom. The van der Waals surface area contributed by atoms with Gasteiger partial charge in [-0.15, -0.1) is 0 Å². The number of carbonyl (C=O) groups excluding carboxylic acids is 7. The topological polar surface area (TPSA) is 213 Å². The van der Waals surface area contributed by atoms with Crippen LogP contribution in [0.2, 0.25) is 0 Å². The maximum atomic E-state index is 15.0. The van der Waals surface area contributed by atoms with E-state index in [1.165, 1.54) is 16.0 Å². The van der Waals surface area contributed by atoms with Gasteiger partial charge >= 0.3 is 0 Å². The molecule has 5 aromatic carbocycles. The van der Waals surface area contributed by atoms with Crippen molar-refractivity contribution in [2.45, 2.75) is 160 Å². The van der Waals surface area contributed by atoms with Gasteiger partial charge in [0.15, 0.2) is 0 Å². The Balaban J connectivity index is 0.857. The summed E-state index contributed by atoms with van der Waals surface area (Å²) in [5.74, 6) is -2.22. The highest BCUT2D eigenvalue weighted by Gasteiger charge is 2.46. The molecule has 2 aliphatic heterocycles. The highest BCUT2D eigenvalue weighted by Crippen LogP contribution is 2.34. The summed E-state index contributed by atoms with van der Waals surface area (Å²) < 4.78 is 0. The van der Waals surface area contributed by atoms with Crippen molar-refractivity contribution >= 4 is 47.0 Å². The molecular weight excluding hydrogens is 1060 g/mol. The number of carbonyl (C=O) groups is 7. The zero-order valence-electron chi connectivity index (χ0n) is 49.9. The fourth-order valence-electron chi connectivity index (χ4n) is 12.3. The molecule has 2 heterocycles. The van der Waals surface area contributed by atoms with Crippen molar-refractivity contribution in [3.8, 4) is 0 Å². The van der Waals surface area contributed by atoms with Crippen LogP contribution in [-0.4, -0.2) is 121 Å². The van der Waals surface area contributed by atoms with Crippen molar-refractivity contribution in [1.29, 1.82) is 0 Å². The van der Waals surface area contributed by atoms with Gasteiger partial charge in [0, 0.05) is 56.8 Å². The summed E-state index contributed by atoms with van der Waals surface area (Å²) in [6.07, 6.45) is 6.09. The Morgan fingerprint density at radius 1 is 0.595 bits per heavy atom. The molecule has 0 spiro atoms. The van der Waals surface area contributed by atoms with Crippen molar-refractivity contribution in [3.63, 3.8) is 0 Å². The molecule has 84 heavy (non-hydrogen) atoms. The summed E-state index contributed by atoms with van der Waals surface area (Å²) in [6, 6.07) is 33.8. The number of anilines is 1. The number of hydrogen-bond donors (Lipinski definition) is 7. The van der Waals surface area contributed by atoms with Crippen molar-refractivity contribution in [3.05, 3.63) is 171 Å². The fraction of sp³-hybridized carbons (Fsp3) is 0.448. The summed E-state index contributed by atoms with van der Waals surface area (Å²) in [5.41, 5.74) is 9.00. The zero-order valence-corrected chi connectivity index (χ0v) is 49.9. The quantitative estimate of drug-likeness (QED) is 0.0502. The smallest absolute Gasteiger partial charge is 0.251 e.